The highest BCUT2D eigenvalue weighted by atomic mass is 16.2. The molecule has 3 heterocycles. The lowest BCUT2D eigenvalue weighted by Crippen LogP contribution is -2.41. The quantitative estimate of drug-likeness (QED) is 0.866. The zero-order chi connectivity index (χ0) is 16.4. The van der Waals surface area contributed by atoms with Crippen molar-refractivity contribution in [2.75, 3.05) is 13.1 Å². The number of hydrogen-bond donors (Lipinski definition) is 0. The standard InChI is InChI=1S/C17H25N5O/c1-4-15-18-7-9-21(15)12-16(23)22-8-5-6-14(11-22)17-19-13(2)10-20(17)3/h7,9-10,14H,4-6,8,11-12H2,1-3H3. The van der Waals surface area contributed by atoms with Gasteiger partial charge >= 0.3 is 0 Å². The molecule has 1 aliphatic heterocycles. The molecule has 1 unspecified atom stereocenters. The van der Waals surface area contributed by atoms with Gasteiger partial charge in [-0.1, -0.05) is 6.92 Å². The minimum Gasteiger partial charge on any atom is -0.340 e. The van der Waals surface area contributed by atoms with Gasteiger partial charge < -0.3 is 14.0 Å². The second-order valence-corrected chi connectivity index (χ2v) is 6.36. The van der Waals surface area contributed by atoms with Gasteiger partial charge in [0.25, 0.3) is 0 Å². The second kappa shape index (κ2) is 6.56. The van der Waals surface area contributed by atoms with E-state index in [0.717, 1.165) is 49.7 Å². The molecule has 1 saturated heterocycles. The maximum atomic E-state index is 12.7. The summed E-state index contributed by atoms with van der Waals surface area (Å²) in [6, 6.07) is 0. The molecule has 23 heavy (non-hydrogen) atoms. The number of carbonyl (C=O) groups is 1. The van der Waals surface area contributed by atoms with Crippen LogP contribution in [0.1, 0.15) is 43.0 Å². The van der Waals surface area contributed by atoms with Crippen molar-refractivity contribution in [3.8, 4) is 0 Å². The molecule has 0 N–H and O–H groups in total. The SMILES string of the molecule is CCc1nccn1CC(=O)N1CCCC(c2nc(C)cn2C)C1. The van der Waals surface area contributed by atoms with Crippen molar-refractivity contribution in [2.24, 2.45) is 7.05 Å². The van der Waals surface area contributed by atoms with Gasteiger partial charge in [-0.25, -0.2) is 9.97 Å². The third kappa shape index (κ3) is 3.30. The largest absolute Gasteiger partial charge is 0.340 e. The van der Waals surface area contributed by atoms with Crippen LogP contribution in [0.15, 0.2) is 18.6 Å². The van der Waals surface area contributed by atoms with Crippen molar-refractivity contribution < 1.29 is 4.79 Å². The van der Waals surface area contributed by atoms with E-state index in [1.165, 1.54) is 0 Å². The zero-order valence-corrected chi connectivity index (χ0v) is 14.2. The number of aromatic nitrogens is 4. The molecule has 2 aromatic heterocycles. The van der Waals surface area contributed by atoms with Crippen molar-refractivity contribution >= 4 is 5.91 Å². The number of aryl methyl sites for hydroxylation is 3. The number of carbonyl (C=O) groups excluding carboxylic acids is 1. The van der Waals surface area contributed by atoms with Gasteiger partial charge in [0.2, 0.25) is 5.91 Å². The Hall–Kier alpha value is -2.11. The lowest BCUT2D eigenvalue weighted by atomic mass is 9.97. The number of hydrogen-bond acceptors (Lipinski definition) is 3. The predicted molar refractivity (Wildman–Crippen MR) is 88.1 cm³/mol. The summed E-state index contributed by atoms with van der Waals surface area (Å²) >= 11 is 0. The monoisotopic (exact) mass is 315 g/mol. The molecule has 6 heteroatoms. The average molecular weight is 315 g/mol. The van der Waals surface area contributed by atoms with Crippen LogP contribution in [-0.2, 0) is 24.8 Å². The van der Waals surface area contributed by atoms with Crippen LogP contribution in [-0.4, -0.2) is 43.0 Å². The fourth-order valence-electron chi connectivity index (χ4n) is 3.47. The second-order valence-electron chi connectivity index (χ2n) is 6.36. The Morgan fingerprint density at radius 1 is 1.43 bits per heavy atom. The topological polar surface area (TPSA) is 56.0 Å². The van der Waals surface area contributed by atoms with Gasteiger partial charge in [-0.3, -0.25) is 4.79 Å². The fourth-order valence-corrected chi connectivity index (χ4v) is 3.47. The molecule has 0 bridgehead atoms. The van der Waals surface area contributed by atoms with E-state index in [4.69, 9.17) is 0 Å². The Bertz CT molecular complexity index is 687. The van der Waals surface area contributed by atoms with E-state index in [2.05, 4.69) is 27.7 Å². The smallest absolute Gasteiger partial charge is 0.242 e. The van der Waals surface area contributed by atoms with Crippen molar-refractivity contribution in [3.05, 3.63) is 35.9 Å². The molecule has 0 saturated carbocycles. The Morgan fingerprint density at radius 3 is 2.96 bits per heavy atom. The van der Waals surface area contributed by atoms with Gasteiger partial charge in [0.05, 0.1) is 5.69 Å². The molecular weight excluding hydrogens is 290 g/mol. The molecular formula is C17H25N5O. The number of amides is 1. The van der Waals surface area contributed by atoms with Crippen LogP contribution in [0.25, 0.3) is 0 Å². The van der Waals surface area contributed by atoms with Crippen LogP contribution in [0.5, 0.6) is 0 Å². The summed E-state index contributed by atoms with van der Waals surface area (Å²) in [5.74, 6) is 2.57. The molecule has 1 amide bonds. The molecule has 0 radical (unpaired) electrons. The maximum absolute atomic E-state index is 12.7. The Labute approximate surface area is 137 Å². The van der Waals surface area contributed by atoms with Crippen LogP contribution in [0, 0.1) is 6.92 Å². The highest BCUT2D eigenvalue weighted by Gasteiger charge is 2.27. The fraction of sp³-hybridized carbons (Fsp3) is 0.588. The molecule has 124 valence electrons. The van der Waals surface area contributed by atoms with Gasteiger partial charge in [0.1, 0.15) is 18.2 Å². The first kappa shape index (κ1) is 15.8. The van der Waals surface area contributed by atoms with Crippen LogP contribution >= 0.6 is 0 Å². The summed E-state index contributed by atoms with van der Waals surface area (Å²) in [7, 11) is 2.04. The van der Waals surface area contributed by atoms with E-state index in [1.807, 2.05) is 29.6 Å². The summed E-state index contributed by atoms with van der Waals surface area (Å²) in [5.41, 5.74) is 1.04. The first-order valence-electron chi connectivity index (χ1n) is 8.36. The highest BCUT2D eigenvalue weighted by Crippen LogP contribution is 2.26. The Balaban J connectivity index is 1.68. The summed E-state index contributed by atoms with van der Waals surface area (Å²) < 4.78 is 4.05. The van der Waals surface area contributed by atoms with Gasteiger partial charge in [-0.15, -0.1) is 0 Å². The van der Waals surface area contributed by atoms with E-state index >= 15 is 0 Å². The molecule has 6 nitrogen and oxygen atoms in total. The first-order chi connectivity index (χ1) is 11.1. The van der Waals surface area contributed by atoms with Crippen LogP contribution in [0.2, 0.25) is 0 Å². The summed E-state index contributed by atoms with van der Waals surface area (Å²) in [6.07, 6.45) is 8.68. The Morgan fingerprint density at radius 2 is 2.26 bits per heavy atom. The average Bonchev–Trinajstić information content (AvgIpc) is 3.13. The predicted octanol–water partition coefficient (Wildman–Crippen LogP) is 1.89. The number of piperidine rings is 1. The lowest BCUT2D eigenvalue weighted by Gasteiger charge is -2.32. The maximum Gasteiger partial charge on any atom is 0.242 e. The van der Waals surface area contributed by atoms with Gasteiger partial charge in [0.15, 0.2) is 0 Å². The van der Waals surface area contributed by atoms with Crippen molar-refractivity contribution in [1.29, 1.82) is 0 Å². The van der Waals surface area contributed by atoms with E-state index in [-0.39, 0.29) is 5.91 Å². The molecule has 1 fully saturated rings. The number of nitrogens with zero attached hydrogens (tertiary/aromatic N) is 5. The van der Waals surface area contributed by atoms with E-state index < -0.39 is 0 Å². The molecule has 1 aliphatic rings. The van der Waals surface area contributed by atoms with Crippen molar-refractivity contribution in [3.63, 3.8) is 0 Å². The van der Waals surface area contributed by atoms with Crippen LogP contribution < -0.4 is 0 Å². The van der Waals surface area contributed by atoms with Crippen LogP contribution in [0.3, 0.4) is 0 Å². The van der Waals surface area contributed by atoms with E-state index in [9.17, 15) is 4.79 Å². The molecule has 3 rings (SSSR count). The van der Waals surface area contributed by atoms with Gasteiger partial charge in [0, 0.05) is 51.1 Å². The summed E-state index contributed by atoms with van der Waals surface area (Å²) in [5, 5.41) is 0. The third-order valence-corrected chi connectivity index (χ3v) is 4.60. The van der Waals surface area contributed by atoms with E-state index in [1.54, 1.807) is 6.20 Å². The number of rotatable bonds is 4. The summed E-state index contributed by atoms with van der Waals surface area (Å²) in [6.45, 7) is 6.06. The molecule has 0 aliphatic carbocycles. The van der Waals surface area contributed by atoms with E-state index in [0.29, 0.717) is 12.5 Å². The Kier molecular flexibility index (Phi) is 4.50. The number of likely N-dealkylation sites (tertiary alicyclic amines) is 1. The minimum absolute atomic E-state index is 0.174. The highest BCUT2D eigenvalue weighted by molar-refractivity contribution is 5.76. The third-order valence-electron chi connectivity index (χ3n) is 4.60. The molecule has 1 atom stereocenters. The normalized spacial score (nSPS) is 18.4. The molecule has 0 aromatic carbocycles. The van der Waals surface area contributed by atoms with Crippen molar-refractivity contribution in [1.82, 2.24) is 24.0 Å². The molecule has 2 aromatic rings. The van der Waals surface area contributed by atoms with Crippen molar-refractivity contribution in [2.45, 2.75) is 45.6 Å². The number of imidazole rings is 2. The summed E-state index contributed by atoms with van der Waals surface area (Å²) in [4.78, 5) is 23.6. The van der Waals surface area contributed by atoms with Gasteiger partial charge in [-0.05, 0) is 19.8 Å². The zero-order valence-electron chi connectivity index (χ0n) is 14.2. The van der Waals surface area contributed by atoms with Gasteiger partial charge in [-0.2, -0.15) is 0 Å². The first-order valence-corrected chi connectivity index (χ1v) is 8.36. The minimum atomic E-state index is 0.174. The van der Waals surface area contributed by atoms with Crippen LogP contribution in [0.4, 0.5) is 0 Å². The molecule has 0 spiro atoms. The lowest BCUT2D eigenvalue weighted by molar-refractivity contribution is -0.133.